The van der Waals surface area contributed by atoms with Crippen LogP contribution in [0.25, 0.3) is 11.3 Å². The molecule has 0 aliphatic carbocycles. The van der Waals surface area contributed by atoms with Crippen molar-refractivity contribution in [2.24, 2.45) is 0 Å². The van der Waals surface area contributed by atoms with Gasteiger partial charge in [0.2, 0.25) is 0 Å². The Labute approximate surface area is 156 Å². The second kappa shape index (κ2) is 8.27. The van der Waals surface area contributed by atoms with E-state index >= 15 is 0 Å². The number of hydrogen-bond acceptors (Lipinski definition) is 5. The van der Waals surface area contributed by atoms with Crippen molar-refractivity contribution in [1.29, 1.82) is 0 Å². The van der Waals surface area contributed by atoms with Crippen LogP contribution in [0.1, 0.15) is 12.8 Å². The topological polar surface area (TPSA) is 63.2 Å². The monoisotopic (exact) mass is 387 g/mol. The highest BCUT2D eigenvalue weighted by Gasteiger charge is 2.40. The lowest BCUT2D eigenvalue weighted by molar-refractivity contribution is -0.140. The Morgan fingerprint density at radius 2 is 2.08 bits per heavy atom. The molecule has 0 atom stereocenters. The summed E-state index contributed by atoms with van der Waals surface area (Å²) in [5, 5.41) is 9.21. The van der Waals surface area contributed by atoms with Crippen molar-refractivity contribution in [2.75, 3.05) is 25.5 Å². The number of ether oxygens (including phenoxy) is 1. The lowest BCUT2D eigenvalue weighted by atomic mass is 9.91. The van der Waals surface area contributed by atoms with Gasteiger partial charge in [0.25, 0.3) is 5.91 Å². The third kappa shape index (κ3) is 3.90. The molecule has 2 heterocycles. The number of nitrogens with zero attached hydrogens (tertiary/aromatic N) is 1. The lowest BCUT2D eigenvalue weighted by Gasteiger charge is -2.34. The zero-order chi connectivity index (χ0) is 16.3. The predicted octanol–water partition coefficient (Wildman–Crippen LogP) is 3.59. The summed E-state index contributed by atoms with van der Waals surface area (Å²) in [6.07, 6.45) is 1.30. The maximum Gasteiger partial charge on any atom is 0.258 e. The number of piperidine rings is 1. The fourth-order valence-electron chi connectivity index (χ4n) is 2.69. The second-order valence-electron chi connectivity index (χ2n) is 5.42. The van der Waals surface area contributed by atoms with E-state index in [-0.39, 0.29) is 18.3 Å². The smallest absolute Gasteiger partial charge is 0.258 e. The Bertz CT molecular complexity index is 702. The van der Waals surface area contributed by atoms with Gasteiger partial charge in [-0.15, -0.1) is 23.7 Å². The summed E-state index contributed by atoms with van der Waals surface area (Å²) in [5.74, 6) is -0.137. The molecule has 0 radical (unpaired) electrons. The van der Waals surface area contributed by atoms with E-state index in [1.807, 2.05) is 29.6 Å². The number of amides is 1. The molecular formula is C16H19Cl2N3O2S. The van der Waals surface area contributed by atoms with Gasteiger partial charge >= 0.3 is 0 Å². The minimum Gasteiger partial charge on any atom is -0.368 e. The molecule has 1 aromatic heterocycles. The molecule has 130 valence electrons. The number of carbonyl (C=O) groups is 1. The molecule has 1 fully saturated rings. The Kier molecular flexibility index (Phi) is 6.60. The van der Waals surface area contributed by atoms with Crippen molar-refractivity contribution in [3.63, 3.8) is 0 Å². The minimum absolute atomic E-state index is 0. The zero-order valence-corrected chi connectivity index (χ0v) is 15.6. The van der Waals surface area contributed by atoms with Crippen molar-refractivity contribution in [1.82, 2.24) is 10.3 Å². The molecule has 2 N–H and O–H groups in total. The maximum absolute atomic E-state index is 12.6. The largest absolute Gasteiger partial charge is 0.368 e. The fraction of sp³-hybridized carbons (Fsp3) is 0.375. The van der Waals surface area contributed by atoms with Crippen LogP contribution in [0.5, 0.6) is 0 Å². The highest BCUT2D eigenvalue weighted by atomic mass is 35.5. The Hall–Kier alpha value is -1.18. The highest BCUT2D eigenvalue weighted by molar-refractivity contribution is 7.14. The number of hydrogen-bond donors (Lipinski definition) is 2. The molecule has 0 spiro atoms. The summed E-state index contributed by atoms with van der Waals surface area (Å²) in [7, 11) is 1.59. The number of anilines is 1. The number of benzene rings is 1. The van der Waals surface area contributed by atoms with Crippen LogP contribution in [0.3, 0.4) is 0 Å². The molecule has 0 saturated carbocycles. The third-order valence-corrected chi connectivity index (χ3v) is 5.18. The van der Waals surface area contributed by atoms with Gasteiger partial charge < -0.3 is 10.1 Å². The van der Waals surface area contributed by atoms with E-state index in [1.54, 1.807) is 7.11 Å². The van der Waals surface area contributed by atoms with Gasteiger partial charge in [-0.3, -0.25) is 10.1 Å². The molecule has 8 heteroatoms. The molecule has 1 amide bonds. The van der Waals surface area contributed by atoms with E-state index in [1.165, 1.54) is 11.3 Å². The van der Waals surface area contributed by atoms with Crippen molar-refractivity contribution >= 4 is 46.4 Å². The van der Waals surface area contributed by atoms with Crippen LogP contribution in [0.4, 0.5) is 5.13 Å². The molecule has 1 saturated heterocycles. The first-order valence-corrected chi connectivity index (χ1v) is 8.68. The normalized spacial score (nSPS) is 16.2. The second-order valence-corrected chi connectivity index (χ2v) is 6.69. The van der Waals surface area contributed by atoms with Crippen LogP contribution in [-0.2, 0) is 9.53 Å². The summed E-state index contributed by atoms with van der Waals surface area (Å²) < 4.78 is 5.53. The molecule has 0 unspecified atom stereocenters. The first-order valence-electron chi connectivity index (χ1n) is 7.42. The third-order valence-electron chi connectivity index (χ3n) is 4.09. The quantitative estimate of drug-likeness (QED) is 0.840. The lowest BCUT2D eigenvalue weighted by Crippen LogP contribution is -2.51. The summed E-state index contributed by atoms with van der Waals surface area (Å²) in [6, 6.07) is 7.52. The van der Waals surface area contributed by atoms with Crippen LogP contribution < -0.4 is 10.6 Å². The van der Waals surface area contributed by atoms with Crippen LogP contribution >= 0.6 is 35.3 Å². The van der Waals surface area contributed by atoms with Gasteiger partial charge in [0.15, 0.2) is 5.13 Å². The molecule has 0 bridgehead atoms. The van der Waals surface area contributed by atoms with Crippen LogP contribution in [0, 0.1) is 0 Å². The average molecular weight is 388 g/mol. The van der Waals surface area contributed by atoms with E-state index in [0.717, 1.165) is 24.3 Å². The molecule has 5 nitrogen and oxygen atoms in total. The zero-order valence-electron chi connectivity index (χ0n) is 13.2. The van der Waals surface area contributed by atoms with Crippen molar-refractivity contribution in [3.8, 4) is 11.3 Å². The van der Waals surface area contributed by atoms with E-state index in [2.05, 4.69) is 15.6 Å². The number of methoxy groups -OCH3 is 1. The Morgan fingerprint density at radius 1 is 1.38 bits per heavy atom. The van der Waals surface area contributed by atoms with E-state index in [9.17, 15) is 4.79 Å². The van der Waals surface area contributed by atoms with Gasteiger partial charge in [0, 0.05) is 23.1 Å². The van der Waals surface area contributed by atoms with Crippen molar-refractivity contribution in [3.05, 3.63) is 34.7 Å². The number of halogens is 2. The van der Waals surface area contributed by atoms with Crippen LogP contribution in [0.2, 0.25) is 5.02 Å². The number of thiazole rings is 1. The Balaban J connectivity index is 0.00000208. The van der Waals surface area contributed by atoms with E-state index < -0.39 is 5.60 Å². The molecular weight excluding hydrogens is 369 g/mol. The number of nitrogens with one attached hydrogen (secondary N) is 2. The SMILES string of the molecule is COC1(C(=O)Nc2nc(-c3ccccc3Cl)cs2)CCNCC1.Cl. The van der Waals surface area contributed by atoms with Crippen LogP contribution in [-0.4, -0.2) is 36.7 Å². The van der Waals surface area contributed by atoms with Gasteiger partial charge in [-0.2, -0.15) is 0 Å². The highest BCUT2D eigenvalue weighted by Crippen LogP contribution is 2.31. The molecule has 24 heavy (non-hydrogen) atoms. The van der Waals surface area contributed by atoms with Crippen molar-refractivity contribution < 1.29 is 9.53 Å². The van der Waals surface area contributed by atoms with Crippen molar-refractivity contribution in [2.45, 2.75) is 18.4 Å². The molecule has 2 aromatic rings. The predicted molar refractivity (Wildman–Crippen MR) is 100 cm³/mol. The van der Waals surface area contributed by atoms with Gasteiger partial charge in [-0.05, 0) is 32.0 Å². The summed E-state index contributed by atoms with van der Waals surface area (Å²) in [5.41, 5.74) is 0.837. The minimum atomic E-state index is -0.776. The number of aromatic nitrogens is 1. The summed E-state index contributed by atoms with van der Waals surface area (Å²) in [6.45, 7) is 1.54. The van der Waals surface area contributed by atoms with Gasteiger partial charge in [0.05, 0.1) is 5.69 Å². The van der Waals surface area contributed by atoms with Gasteiger partial charge in [-0.1, -0.05) is 29.8 Å². The Morgan fingerprint density at radius 3 is 2.75 bits per heavy atom. The maximum atomic E-state index is 12.6. The molecule has 1 aromatic carbocycles. The average Bonchev–Trinajstić information content (AvgIpc) is 3.04. The fourth-order valence-corrected chi connectivity index (χ4v) is 3.63. The summed E-state index contributed by atoms with van der Waals surface area (Å²) in [4.78, 5) is 17.1. The van der Waals surface area contributed by atoms with E-state index in [0.29, 0.717) is 23.0 Å². The molecule has 3 rings (SSSR count). The first-order chi connectivity index (χ1) is 11.1. The number of rotatable bonds is 4. The van der Waals surface area contributed by atoms with E-state index in [4.69, 9.17) is 16.3 Å². The molecule has 1 aliphatic rings. The van der Waals surface area contributed by atoms with Gasteiger partial charge in [0.1, 0.15) is 5.60 Å². The first kappa shape index (κ1) is 19.1. The summed E-state index contributed by atoms with van der Waals surface area (Å²) >= 11 is 7.57. The standard InChI is InChI=1S/C16H18ClN3O2S.ClH/c1-22-16(6-8-18-9-7-16)14(21)20-15-19-13(10-23-15)11-4-2-3-5-12(11)17;/h2-5,10,18H,6-9H2,1H3,(H,19,20,21);1H. The van der Waals surface area contributed by atoms with Gasteiger partial charge in [-0.25, -0.2) is 4.98 Å². The number of carbonyl (C=O) groups excluding carboxylic acids is 1. The van der Waals surface area contributed by atoms with Crippen LogP contribution in [0.15, 0.2) is 29.6 Å². The molecule has 1 aliphatic heterocycles.